The molecule has 0 radical (unpaired) electrons. The first kappa shape index (κ1) is 15.7. The molecule has 19 heavy (non-hydrogen) atoms. The molecule has 0 fully saturated rings. The third kappa shape index (κ3) is 3.56. The Kier molecular flexibility index (Phi) is 4.74. The van der Waals surface area contributed by atoms with Gasteiger partial charge in [-0.2, -0.15) is 0 Å². The third-order valence-electron chi connectivity index (χ3n) is 3.40. The highest BCUT2D eigenvalue weighted by Crippen LogP contribution is 2.26. The Hall–Kier alpha value is -1.36. The SMILES string of the molecule is CNc1nc(C(C)C)nc(NC(C)(C)C(C)O)c1C. The minimum absolute atomic E-state index is 0.253. The Balaban J connectivity index is 3.22. The lowest BCUT2D eigenvalue weighted by atomic mass is 9.98. The van der Waals surface area contributed by atoms with Gasteiger partial charge in [-0.25, -0.2) is 9.97 Å². The van der Waals surface area contributed by atoms with E-state index in [1.54, 1.807) is 6.92 Å². The lowest BCUT2D eigenvalue weighted by Crippen LogP contribution is -2.42. The highest BCUT2D eigenvalue weighted by Gasteiger charge is 2.26. The lowest BCUT2D eigenvalue weighted by Gasteiger charge is -2.31. The molecule has 5 heteroatoms. The van der Waals surface area contributed by atoms with Crippen molar-refractivity contribution in [3.8, 4) is 0 Å². The highest BCUT2D eigenvalue weighted by atomic mass is 16.3. The van der Waals surface area contributed by atoms with Crippen LogP contribution in [0, 0.1) is 6.92 Å². The number of rotatable bonds is 5. The molecule has 1 aromatic heterocycles. The second kappa shape index (κ2) is 5.74. The summed E-state index contributed by atoms with van der Waals surface area (Å²) in [6.45, 7) is 11.8. The zero-order valence-electron chi connectivity index (χ0n) is 13.0. The molecule has 1 aromatic rings. The molecular formula is C14H26N4O. The van der Waals surface area contributed by atoms with Gasteiger partial charge < -0.3 is 15.7 Å². The van der Waals surface area contributed by atoms with Crippen molar-refractivity contribution in [1.82, 2.24) is 9.97 Å². The summed E-state index contributed by atoms with van der Waals surface area (Å²) in [7, 11) is 1.85. The van der Waals surface area contributed by atoms with Crippen molar-refractivity contribution in [2.24, 2.45) is 0 Å². The monoisotopic (exact) mass is 266 g/mol. The van der Waals surface area contributed by atoms with Gasteiger partial charge in [0.15, 0.2) is 0 Å². The molecule has 0 aromatic carbocycles. The Morgan fingerprint density at radius 1 is 1.11 bits per heavy atom. The maximum Gasteiger partial charge on any atom is 0.135 e. The van der Waals surface area contributed by atoms with Crippen LogP contribution in [0.4, 0.5) is 11.6 Å². The molecule has 0 saturated carbocycles. The first-order valence-electron chi connectivity index (χ1n) is 6.71. The van der Waals surface area contributed by atoms with Gasteiger partial charge in [0, 0.05) is 18.5 Å². The molecule has 0 aliphatic rings. The van der Waals surface area contributed by atoms with Crippen LogP contribution in [0.15, 0.2) is 0 Å². The molecule has 0 saturated heterocycles. The summed E-state index contributed by atoms with van der Waals surface area (Å²) in [6, 6.07) is 0. The van der Waals surface area contributed by atoms with Gasteiger partial charge in [-0.05, 0) is 27.7 Å². The Labute approximate surface area is 115 Å². The van der Waals surface area contributed by atoms with E-state index < -0.39 is 11.6 Å². The molecule has 108 valence electrons. The number of aliphatic hydroxyl groups is 1. The fraction of sp³-hybridized carbons (Fsp3) is 0.714. The summed E-state index contributed by atoms with van der Waals surface area (Å²) in [6.07, 6.45) is -0.484. The lowest BCUT2D eigenvalue weighted by molar-refractivity contribution is 0.133. The number of aliphatic hydroxyl groups excluding tert-OH is 1. The molecule has 1 rings (SSSR count). The Bertz CT molecular complexity index is 441. The summed E-state index contributed by atoms with van der Waals surface area (Å²) in [4.78, 5) is 9.08. The zero-order chi connectivity index (χ0) is 14.8. The largest absolute Gasteiger partial charge is 0.391 e. The van der Waals surface area contributed by atoms with Crippen molar-refractivity contribution < 1.29 is 5.11 Å². The van der Waals surface area contributed by atoms with Gasteiger partial charge in [0.2, 0.25) is 0 Å². The van der Waals surface area contributed by atoms with E-state index in [-0.39, 0.29) is 5.92 Å². The predicted octanol–water partition coefficient (Wildman–Crippen LogP) is 2.52. The number of nitrogens with one attached hydrogen (secondary N) is 2. The molecule has 3 N–H and O–H groups in total. The quantitative estimate of drug-likeness (QED) is 0.764. The second-order valence-electron chi connectivity index (χ2n) is 5.83. The first-order chi connectivity index (χ1) is 8.69. The highest BCUT2D eigenvalue weighted by molar-refractivity contribution is 5.58. The Morgan fingerprint density at radius 2 is 1.63 bits per heavy atom. The van der Waals surface area contributed by atoms with Crippen molar-refractivity contribution in [2.45, 2.75) is 59.1 Å². The molecule has 1 atom stereocenters. The van der Waals surface area contributed by atoms with Crippen molar-refractivity contribution in [1.29, 1.82) is 0 Å². The third-order valence-corrected chi connectivity index (χ3v) is 3.40. The summed E-state index contributed by atoms with van der Waals surface area (Å²) >= 11 is 0. The average Bonchev–Trinajstić information content (AvgIpc) is 2.30. The van der Waals surface area contributed by atoms with Gasteiger partial charge in [0.05, 0.1) is 11.6 Å². The summed E-state index contributed by atoms with van der Waals surface area (Å²) in [5.41, 5.74) is 0.513. The molecule has 0 amide bonds. The van der Waals surface area contributed by atoms with Gasteiger partial charge in [0.25, 0.3) is 0 Å². The predicted molar refractivity (Wildman–Crippen MR) is 79.8 cm³/mol. The summed E-state index contributed by atoms with van der Waals surface area (Å²) in [5.74, 6) is 2.64. The normalized spacial score (nSPS) is 13.5. The van der Waals surface area contributed by atoms with Crippen LogP contribution in [-0.2, 0) is 0 Å². The number of hydrogen-bond acceptors (Lipinski definition) is 5. The van der Waals surface area contributed by atoms with Crippen molar-refractivity contribution in [2.75, 3.05) is 17.7 Å². The van der Waals surface area contributed by atoms with Crippen LogP contribution in [-0.4, -0.2) is 33.8 Å². The minimum atomic E-state index is -0.484. The molecule has 0 aliphatic heterocycles. The first-order valence-corrected chi connectivity index (χ1v) is 6.71. The molecule has 5 nitrogen and oxygen atoms in total. The van der Waals surface area contributed by atoms with Crippen LogP contribution in [0.5, 0.6) is 0 Å². The minimum Gasteiger partial charge on any atom is -0.391 e. The van der Waals surface area contributed by atoms with Crippen LogP contribution in [0.1, 0.15) is 51.9 Å². The van der Waals surface area contributed by atoms with Gasteiger partial charge in [-0.1, -0.05) is 13.8 Å². The smallest absolute Gasteiger partial charge is 0.135 e. The van der Waals surface area contributed by atoms with Gasteiger partial charge in [-0.3, -0.25) is 0 Å². The maximum atomic E-state index is 9.82. The van der Waals surface area contributed by atoms with Gasteiger partial charge in [0.1, 0.15) is 17.5 Å². The van der Waals surface area contributed by atoms with E-state index >= 15 is 0 Å². The summed E-state index contributed by atoms with van der Waals surface area (Å²) in [5, 5.41) is 16.2. The van der Waals surface area contributed by atoms with E-state index in [0.717, 1.165) is 23.0 Å². The molecular weight excluding hydrogens is 240 g/mol. The maximum absolute atomic E-state index is 9.82. The van der Waals surface area contributed by atoms with Crippen molar-refractivity contribution in [3.05, 3.63) is 11.4 Å². The van der Waals surface area contributed by atoms with Gasteiger partial charge in [-0.15, -0.1) is 0 Å². The topological polar surface area (TPSA) is 70.1 Å². The van der Waals surface area contributed by atoms with Crippen molar-refractivity contribution in [3.63, 3.8) is 0 Å². The molecule has 0 bridgehead atoms. The molecule has 1 unspecified atom stereocenters. The standard InChI is InChI=1S/C14H26N4O/c1-8(2)11-16-12(15-7)9(3)13(17-11)18-14(5,6)10(4)19/h8,10,19H,1-7H3,(H2,15,16,17,18). The fourth-order valence-corrected chi connectivity index (χ4v) is 1.57. The van der Waals surface area contributed by atoms with E-state index in [1.807, 2.05) is 27.8 Å². The molecule has 0 spiro atoms. The van der Waals surface area contributed by atoms with Crippen LogP contribution < -0.4 is 10.6 Å². The van der Waals surface area contributed by atoms with E-state index in [9.17, 15) is 5.11 Å². The second-order valence-corrected chi connectivity index (χ2v) is 5.83. The average molecular weight is 266 g/mol. The molecule has 1 heterocycles. The van der Waals surface area contributed by atoms with Crippen LogP contribution in [0.2, 0.25) is 0 Å². The van der Waals surface area contributed by atoms with E-state index in [2.05, 4.69) is 34.4 Å². The number of aromatic nitrogens is 2. The van der Waals surface area contributed by atoms with Crippen molar-refractivity contribution >= 4 is 11.6 Å². The number of anilines is 2. The molecule has 0 aliphatic carbocycles. The Morgan fingerprint density at radius 3 is 2.05 bits per heavy atom. The van der Waals surface area contributed by atoms with E-state index in [1.165, 1.54) is 0 Å². The fourth-order valence-electron chi connectivity index (χ4n) is 1.57. The van der Waals surface area contributed by atoms with Crippen LogP contribution >= 0.6 is 0 Å². The van der Waals surface area contributed by atoms with Crippen LogP contribution in [0.25, 0.3) is 0 Å². The summed E-state index contributed by atoms with van der Waals surface area (Å²) < 4.78 is 0. The van der Waals surface area contributed by atoms with E-state index in [4.69, 9.17) is 0 Å². The van der Waals surface area contributed by atoms with Gasteiger partial charge >= 0.3 is 0 Å². The van der Waals surface area contributed by atoms with E-state index in [0.29, 0.717) is 0 Å². The number of nitrogens with zero attached hydrogens (tertiary/aromatic N) is 2. The zero-order valence-corrected chi connectivity index (χ0v) is 13.0. The van der Waals surface area contributed by atoms with Crippen LogP contribution in [0.3, 0.4) is 0 Å². The number of hydrogen-bond donors (Lipinski definition) is 3.